The van der Waals surface area contributed by atoms with E-state index >= 15 is 0 Å². The van der Waals surface area contributed by atoms with Crippen LogP contribution in [0.5, 0.6) is 0 Å². The van der Waals surface area contributed by atoms with Gasteiger partial charge in [-0.15, -0.1) is 0 Å². The first-order valence-electron chi connectivity index (χ1n) is 6.34. The Morgan fingerprint density at radius 3 is 2.55 bits per heavy atom. The van der Waals surface area contributed by atoms with E-state index in [1.807, 2.05) is 0 Å². The highest BCUT2D eigenvalue weighted by molar-refractivity contribution is 7.92. The fourth-order valence-corrected chi connectivity index (χ4v) is 2.65. The van der Waals surface area contributed by atoms with Crippen LogP contribution in [0, 0.1) is 0 Å². The number of nitrogens with zero attached hydrogens (tertiary/aromatic N) is 1. The van der Waals surface area contributed by atoms with Gasteiger partial charge in [0.25, 0.3) is 10.0 Å². The second kappa shape index (κ2) is 6.53. The summed E-state index contributed by atoms with van der Waals surface area (Å²) in [6.45, 7) is 3.76. The summed E-state index contributed by atoms with van der Waals surface area (Å²) in [5.41, 5.74) is 1.04. The van der Waals surface area contributed by atoms with Crippen LogP contribution in [0.2, 0.25) is 0 Å². The first kappa shape index (κ1) is 14.5. The van der Waals surface area contributed by atoms with Crippen LogP contribution in [0.3, 0.4) is 0 Å². The minimum atomic E-state index is -3.62. The second-order valence-corrected chi connectivity index (χ2v) is 5.99. The first-order valence-corrected chi connectivity index (χ1v) is 7.83. The van der Waals surface area contributed by atoms with Crippen LogP contribution in [0.4, 0.5) is 5.82 Å². The first-order chi connectivity index (χ1) is 9.62. The molecule has 6 nitrogen and oxygen atoms in total. The maximum Gasteiger partial charge on any atom is 0.263 e. The summed E-state index contributed by atoms with van der Waals surface area (Å²) in [7, 11) is -3.62. The van der Waals surface area contributed by atoms with Gasteiger partial charge in [-0.25, -0.2) is 8.42 Å². The zero-order valence-corrected chi connectivity index (χ0v) is 12.0. The van der Waals surface area contributed by atoms with E-state index in [9.17, 15) is 8.42 Å². The van der Waals surface area contributed by atoms with Crippen LogP contribution < -0.4 is 10.0 Å². The smallest absolute Gasteiger partial charge is 0.263 e. The Labute approximate surface area is 118 Å². The summed E-state index contributed by atoms with van der Waals surface area (Å²) in [6.07, 6.45) is 2.37. The maximum atomic E-state index is 12.1. The molecule has 1 aromatic heterocycles. The fraction of sp³-hybridized carbons (Fsp3) is 0.308. The fourth-order valence-electron chi connectivity index (χ4n) is 1.66. The third-order valence-electron chi connectivity index (χ3n) is 2.67. The van der Waals surface area contributed by atoms with E-state index in [-0.39, 0.29) is 10.7 Å². The van der Waals surface area contributed by atoms with Crippen molar-refractivity contribution in [3.8, 4) is 0 Å². The number of sulfonamides is 1. The zero-order chi connectivity index (χ0) is 14.4. The predicted octanol–water partition coefficient (Wildman–Crippen LogP) is 1.97. The van der Waals surface area contributed by atoms with E-state index < -0.39 is 10.0 Å². The van der Waals surface area contributed by atoms with E-state index in [0.29, 0.717) is 0 Å². The molecule has 2 N–H and O–H groups in total. The predicted molar refractivity (Wildman–Crippen MR) is 75.8 cm³/mol. The summed E-state index contributed by atoms with van der Waals surface area (Å²) in [6, 6.07) is 8.18. The molecule has 0 atom stereocenters. The van der Waals surface area contributed by atoms with Gasteiger partial charge in [-0.1, -0.05) is 24.2 Å². The molecule has 7 heteroatoms. The van der Waals surface area contributed by atoms with Crippen molar-refractivity contribution in [3.63, 3.8) is 0 Å². The average Bonchev–Trinajstić information content (AvgIpc) is 2.92. The Morgan fingerprint density at radius 1 is 1.20 bits per heavy atom. The molecule has 1 aromatic carbocycles. The molecule has 0 unspecified atom stereocenters. The van der Waals surface area contributed by atoms with Crippen molar-refractivity contribution >= 4 is 15.8 Å². The number of rotatable bonds is 7. The van der Waals surface area contributed by atoms with Gasteiger partial charge in [0.1, 0.15) is 6.26 Å². The van der Waals surface area contributed by atoms with Crippen molar-refractivity contribution in [1.82, 2.24) is 10.5 Å². The molecule has 0 radical (unpaired) electrons. The molecule has 0 amide bonds. The highest BCUT2D eigenvalue weighted by atomic mass is 32.2. The van der Waals surface area contributed by atoms with E-state index in [4.69, 9.17) is 0 Å². The Kier molecular flexibility index (Phi) is 4.75. The van der Waals surface area contributed by atoms with Gasteiger partial charge in [-0.3, -0.25) is 4.72 Å². The molecule has 2 rings (SSSR count). The molecule has 2 aromatic rings. The lowest BCUT2D eigenvalue weighted by Gasteiger charge is -2.07. The summed E-state index contributed by atoms with van der Waals surface area (Å²) in [5, 5.41) is 6.78. The van der Waals surface area contributed by atoms with Gasteiger partial charge >= 0.3 is 0 Å². The normalized spacial score (nSPS) is 11.4. The number of nitrogens with one attached hydrogen (secondary N) is 2. The van der Waals surface area contributed by atoms with Crippen molar-refractivity contribution in [2.75, 3.05) is 11.3 Å². The SMILES string of the molecule is CCCNCc1ccc(S(=O)(=O)Nc2ccon2)cc1. The quantitative estimate of drug-likeness (QED) is 0.763. The maximum absolute atomic E-state index is 12.1. The van der Waals surface area contributed by atoms with E-state index in [2.05, 4.69) is 26.6 Å². The molecule has 0 bridgehead atoms. The lowest BCUT2D eigenvalue weighted by atomic mass is 10.2. The van der Waals surface area contributed by atoms with Crippen LogP contribution in [-0.4, -0.2) is 20.1 Å². The Morgan fingerprint density at radius 2 is 1.95 bits per heavy atom. The minimum Gasteiger partial charge on any atom is -0.363 e. The molecule has 0 aliphatic carbocycles. The number of benzene rings is 1. The number of hydrogen-bond donors (Lipinski definition) is 2. The van der Waals surface area contributed by atoms with Gasteiger partial charge in [-0.2, -0.15) is 0 Å². The van der Waals surface area contributed by atoms with E-state index in [1.165, 1.54) is 12.3 Å². The van der Waals surface area contributed by atoms with Gasteiger partial charge < -0.3 is 9.84 Å². The third-order valence-corrected chi connectivity index (χ3v) is 4.04. The molecule has 0 saturated heterocycles. The Balaban J connectivity index is 2.05. The molecule has 0 spiro atoms. The molecule has 0 fully saturated rings. The van der Waals surface area contributed by atoms with Crippen LogP contribution in [0.1, 0.15) is 18.9 Å². The second-order valence-electron chi connectivity index (χ2n) is 4.31. The van der Waals surface area contributed by atoms with Crippen molar-refractivity contribution in [3.05, 3.63) is 42.2 Å². The Bertz CT molecular complexity index is 621. The summed E-state index contributed by atoms with van der Waals surface area (Å²) in [5.74, 6) is 0.165. The Hall–Kier alpha value is -1.86. The highest BCUT2D eigenvalue weighted by Crippen LogP contribution is 2.15. The van der Waals surface area contributed by atoms with Crippen molar-refractivity contribution in [1.29, 1.82) is 0 Å². The molecular weight excluding hydrogens is 278 g/mol. The lowest BCUT2D eigenvalue weighted by Crippen LogP contribution is -2.15. The van der Waals surface area contributed by atoms with Crippen molar-refractivity contribution in [2.45, 2.75) is 24.8 Å². The largest absolute Gasteiger partial charge is 0.363 e. The highest BCUT2D eigenvalue weighted by Gasteiger charge is 2.15. The standard InChI is InChI=1S/C13H17N3O3S/c1-2-8-14-10-11-3-5-12(6-4-11)20(17,18)16-13-7-9-19-15-13/h3-7,9,14H,2,8,10H2,1H3,(H,15,16). The number of hydrogen-bond acceptors (Lipinski definition) is 5. The zero-order valence-electron chi connectivity index (χ0n) is 11.2. The molecule has 108 valence electrons. The summed E-state index contributed by atoms with van der Waals surface area (Å²) in [4.78, 5) is 0.194. The molecule has 0 saturated carbocycles. The topological polar surface area (TPSA) is 84.2 Å². The molecule has 1 heterocycles. The number of anilines is 1. The molecular formula is C13H17N3O3S. The minimum absolute atomic E-state index is 0.165. The van der Waals surface area contributed by atoms with Crippen LogP contribution >= 0.6 is 0 Å². The molecule has 0 aliphatic heterocycles. The van der Waals surface area contributed by atoms with Gasteiger partial charge in [0.15, 0.2) is 5.82 Å². The van der Waals surface area contributed by atoms with E-state index in [1.54, 1.807) is 24.3 Å². The molecule has 0 aliphatic rings. The average molecular weight is 295 g/mol. The van der Waals surface area contributed by atoms with Crippen molar-refractivity contribution < 1.29 is 12.9 Å². The summed E-state index contributed by atoms with van der Waals surface area (Å²) < 4.78 is 31.0. The van der Waals surface area contributed by atoms with Crippen LogP contribution in [0.25, 0.3) is 0 Å². The summed E-state index contributed by atoms with van der Waals surface area (Å²) >= 11 is 0. The molecule has 20 heavy (non-hydrogen) atoms. The van der Waals surface area contributed by atoms with Gasteiger partial charge in [0, 0.05) is 12.6 Å². The lowest BCUT2D eigenvalue weighted by molar-refractivity contribution is 0.423. The van der Waals surface area contributed by atoms with Crippen LogP contribution in [-0.2, 0) is 16.6 Å². The monoisotopic (exact) mass is 295 g/mol. The van der Waals surface area contributed by atoms with Gasteiger partial charge in [0.2, 0.25) is 0 Å². The van der Waals surface area contributed by atoms with E-state index in [0.717, 1.165) is 25.1 Å². The van der Waals surface area contributed by atoms with Gasteiger partial charge in [-0.05, 0) is 30.7 Å². The van der Waals surface area contributed by atoms with Crippen LogP contribution in [0.15, 0.2) is 46.0 Å². The van der Waals surface area contributed by atoms with Gasteiger partial charge in [0.05, 0.1) is 4.90 Å². The van der Waals surface area contributed by atoms with Crippen molar-refractivity contribution in [2.24, 2.45) is 0 Å². The third kappa shape index (κ3) is 3.82. The number of aromatic nitrogens is 1.